The Morgan fingerprint density at radius 3 is 2.45 bits per heavy atom. The molecule has 1 atom stereocenters. The van der Waals surface area contributed by atoms with Crippen molar-refractivity contribution in [2.24, 2.45) is 0 Å². The van der Waals surface area contributed by atoms with E-state index in [0.717, 1.165) is 22.2 Å². The third-order valence-corrected chi connectivity index (χ3v) is 3.91. The number of aromatic nitrogens is 1. The Hall–Kier alpha value is -2.06. The highest BCUT2D eigenvalue weighted by Crippen LogP contribution is 2.30. The van der Waals surface area contributed by atoms with Gasteiger partial charge in [-0.3, -0.25) is 4.79 Å². The molecule has 0 aliphatic heterocycles. The van der Waals surface area contributed by atoms with Crippen LogP contribution in [-0.4, -0.2) is 10.8 Å². The first-order chi connectivity index (χ1) is 9.68. The molecule has 0 aliphatic rings. The molecule has 0 spiro atoms. The first-order valence-electron chi connectivity index (χ1n) is 6.49. The second-order valence-corrected chi connectivity index (χ2v) is 5.24. The lowest BCUT2D eigenvalue weighted by Gasteiger charge is -2.09. The predicted octanol–water partition coefficient (Wildman–Crippen LogP) is 4.64. The van der Waals surface area contributed by atoms with Gasteiger partial charge in [0, 0.05) is 22.2 Å². The van der Waals surface area contributed by atoms with Crippen molar-refractivity contribution >= 4 is 28.3 Å². The maximum Gasteiger partial charge on any atom is 0.187 e. The molecule has 3 heteroatoms. The summed E-state index contributed by atoms with van der Waals surface area (Å²) in [5.74, 6) is -0.0622. The zero-order valence-electron chi connectivity index (χ0n) is 11.1. The van der Waals surface area contributed by atoms with Crippen LogP contribution in [0.2, 0.25) is 0 Å². The third kappa shape index (κ3) is 2.12. The summed E-state index contributed by atoms with van der Waals surface area (Å²) < 4.78 is 0. The minimum Gasteiger partial charge on any atom is -0.358 e. The summed E-state index contributed by atoms with van der Waals surface area (Å²) in [6.45, 7) is 1.90. The average Bonchev–Trinajstić information content (AvgIpc) is 2.82. The highest BCUT2D eigenvalue weighted by molar-refractivity contribution is 6.35. The fourth-order valence-electron chi connectivity index (χ4n) is 2.49. The van der Waals surface area contributed by atoms with Crippen LogP contribution in [0, 0.1) is 6.92 Å². The largest absolute Gasteiger partial charge is 0.358 e. The van der Waals surface area contributed by atoms with Crippen molar-refractivity contribution in [3.05, 3.63) is 71.4 Å². The Labute approximate surface area is 122 Å². The number of Topliss-reactive ketones (excluding diaryl/α,β-unsaturated/α-hetero) is 1. The van der Waals surface area contributed by atoms with E-state index >= 15 is 0 Å². The van der Waals surface area contributed by atoms with Gasteiger partial charge in [-0.05, 0) is 18.6 Å². The number of fused-ring (bicyclic) bond motifs is 1. The van der Waals surface area contributed by atoms with Crippen LogP contribution in [-0.2, 0) is 0 Å². The Bertz CT molecular complexity index is 761. The van der Waals surface area contributed by atoms with Crippen molar-refractivity contribution in [1.29, 1.82) is 0 Å². The normalized spacial score (nSPS) is 12.5. The van der Waals surface area contributed by atoms with Gasteiger partial charge in [0.25, 0.3) is 0 Å². The zero-order chi connectivity index (χ0) is 14.1. The topological polar surface area (TPSA) is 32.9 Å². The molecule has 0 unspecified atom stereocenters. The van der Waals surface area contributed by atoms with Gasteiger partial charge in [-0.25, -0.2) is 0 Å². The van der Waals surface area contributed by atoms with Crippen LogP contribution in [0.1, 0.15) is 27.0 Å². The van der Waals surface area contributed by atoms with Gasteiger partial charge in [-0.1, -0.05) is 48.5 Å². The number of hydrogen-bond acceptors (Lipinski definition) is 1. The Balaban J connectivity index is 2.07. The molecule has 0 saturated heterocycles. The number of benzene rings is 2. The van der Waals surface area contributed by atoms with Gasteiger partial charge >= 0.3 is 0 Å². The number of carbonyl (C=O) groups excluding carboxylic acids is 1. The molecule has 100 valence electrons. The van der Waals surface area contributed by atoms with E-state index in [1.54, 1.807) is 0 Å². The predicted molar refractivity (Wildman–Crippen MR) is 82.4 cm³/mol. The number of nitrogens with one attached hydrogen (secondary N) is 1. The summed E-state index contributed by atoms with van der Waals surface area (Å²) >= 11 is 6.36. The number of aromatic amines is 1. The fourth-order valence-corrected chi connectivity index (χ4v) is 2.75. The molecule has 0 fully saturated rings. The number of ketones is 1. The van der Waals surface area contributed by atoms with E-state index in [1.807, 2.05) is 61.5 Å². The minimum absolute atomic E-state index is 0.0622. The van der Waals surface area contributed by atoms with Crippen molar-refractivity contribution in [3.8, 4) is 0 Å². The number of carbonyl (C=O) groups is 1. The minimum atomic E-state index is -0.658. The number of hydrogen-bond donors (Lipinski definition) is 1. The lowest BCUT2D eigenvalue weighted by atomic mass is 10.00. The first-order valence-corrected chi connectivity index (χ1v) is 6.92. The van der Waals surface area contributed by atoms with Crippen LogP contribution in [0.3, 0.4) is 0 Å². The quantitative estimate of drug-likeness (QED) is 0.551. The Morgan fingerprint density at radius 2 is 1.70 bits per heavy atom. The summed E-state index contributed by atoms with van der Waals surface area (Å²) in [5.41, 5.74) is 3.33. The molecule has 0 saturated carbocycles. The van der Waals surface area contributed by atoms with Gasteiger partial charge in [-0.2, -0.15) is 0 Å². The third-order valence-electron chi connectivity index (χ3n) is 3.46. The molecule has 0 aliphatic carbocycles. The van der Waals surface area contributed by atoms with Gasteiger partial charge in [0.05, 0.1) is 0 Å². The molecule has 3 rings (SSSR count). The van der Waals surface area contributed by atoms with Gasteiger partial charge in [-0.15, -0.1) is 11.6 Å². The summed E-state index contributed by atoms with van der Waals surface area (Å²) in [4.78, 5) is 15.9. The second kappa shape index (κ2) is 5.14. The highest BCUT2D eigenvalue weighted by atomic mass is 35.5. The molecule has 3 aromatic rings. The van der Waals surface area contributed by atoms with E-state index in [2.05, 4.69) is 4.98 Å². The molecule has 1 aromatic heterocycles. The molecule has 2 aromatic carbocycles. The maximum absolute atomic E-state index is 12.7. The molecule has 0 radical (unpaired) electrons. The standard InChI is InChI=1S/C17H14ClNO/c1-11-15(13-9-5-6-10-14(13)19-11)17(20)16(18)12-7-3-2-4-8-12/h2-10,16,19H,1H3/t16-/m0/s1. The lowest BCUT2D eigenvalue weighted by molar-refractivity contribution is 0.0988. The number of aryl methyl sites for hydroxylation is 1. The van der Waals surface area contributed by atoms with Crippen LogP contribution in [0.15, 0.2) is 54.6 Å². The molecule has 20 heavy (non-hydrogen) atoms. The first kappa shape index (κ1) is 12.9. The van der Waals surface area contributed by atoms with Crippen LogP contribution < -0.4 is 0 Å². The van der Waals surface area contributed by atoms with Gasteiger partial charge < -0.3 is 4.98 Å². The van der Waals surface area contributed by atoms with Crippen molar-refractivity contribution in [2.75, 3.05) is 0 Å². The average molecular weight is 284 g/mol. The van der Waals surface area contributed by atoms with Crippen molar-refractivity contribution in [1.82, 2.24) is 4.98 Å². The van der Waals surface area contributed by atoms with Crippen molar-refractivity contribution in [2.45, 2.75) is 12.3 Å². The van der Waals surface area contributed by atoms with Crippen LogP contribution in [0.4, 0.5) is 0 Å². The number of rotatable bonds is 3. The van der Waals surface area contributed by atoms with E-state index in [0.29, 0.717) is 5.56 Å². The lowest BCUT2D eigenvalue weighted by Crippen LogP contribution is -2.08. The fraction of sp³-hybridized carbons (Fsp3) is 0.118. The Kier molecular flexibility index (Phi) is 3.33. The van der Waals surface area contributed by atoms with E-state index in [4.69, 9.17) is 11.6 Å². The summed E-state index contributed by atoms with van der Waals surface area (Å²) in [7, 11) is 0. The van der Waals surface area contributed by atoms with Gasteiger partial charge in [0.2, 0.25) is 0 Å². The summed E-state index contributed by atoms with van der Waals surface area (Å²) in [5, 5.41) is 0.269. The van der Waals surface area contributed by atoms with Crippen LogP contribution in [0.5, 0.6) is 0 Å². The van der Waals surface area contributed by atoms with Crippen molar-refractivity contribution < 1.29 is 4.79 Å². The van der Waals surface area contributed by atoms with Crippen molar-refractivity contribution in [3.63, 3.8) is 0 Å². The molecule has 1 heterocycles. The summed E-state index contributed by atoms with van der Waals surface area (Å²) in [6, 6.07) is 17.2. The molecule has 1 N–H and O–H groups in total. The van der Waals surface area contributed by atoms with E-state index in [-0.39, 0.29) is 5.78 Å². The van der Waals surface area contributed by atoms with E-state index in [1.165, 1.54) is 0 Å². The van der Waals surface area contributed by atoms with Gasteiger partial charge in [0.15, 0.2) is 5.78 Å². The summed E-state index contributed by atoms with van der Waals surface area (Å²) in [6.07, 6.45) is 0. The monoisotopic (exact) mass is 283 g/mol. The van der Waals surface area contributed by atoms with Crippen LogP contribution in [0.25, 0.3) is 10.9 Å². The van der Waals surface area contributed by atoms with Crippen LogP contribution >= 0.6 is 11.6 Å². The molecular weight excluding hydrogens is 270 g/mol. The number of alkyl halides is 1. The van der Waals surface area contributed by atoms with E-state index in [9.17, 15) is 4.79 Å². The highest BCUT2D eigenvalue weighted by Gasteiger charge is 2.24. The molecular formula is C17H14ClNO. The number of halogens is 1. The smallest absolute Gasteiger partial charge is 0.187 e. The second-order valence-electron chi connectivity index (χ2n) is 4.81. The molecule has 0 bridgehead atoms. The molecule has 0 amide bonds. The SMILES string of the molecule is Cc1[nH]c2ccccc2c1C(=O)[C@@H](Cl)c1ccccc1. The molecule has 2 nitrogen and oxygen atoms in total. The maximum atomic E-state index is 12.7. The number of H-pyrrole nitrogens is 1. The van der Waals surface area contributed by atoms with E-state index < -0.39 is 5.38 Å². The van der Waals surface area contributed by atoms with Gasteiger partial charge in [0.1, 0.15) is 5.38 Å². The zero-order valence-corrected chi connectivity index (χ0v) is 11.8. The Morgan fingerprint density at radius 1 is 1.05 bits per heavy atom. The number of para-hydroxylation sites is 1.